The van der Waals surface area contributed by atoms with Gasteiger partial charge in [0.2, 0.25) is 5.91 Å². The zero-order valence-electron chi connectivity index (χ0n) is 12.2. The Kier molecular flexibility index (Phi) is 5.78. The van der Waals surface area contributed by atoms with Crippen LogP contribution < -0.4 is 5.32 Å². The van der Waals surface area contributed by atoms with E-state index in [1.807, 2.05) is 10.8 Å². The SMILES string of the molecule is O=C(O)C1CCCCC1C(=O)NCCCCn1ccnc1. The van der Waals surface area contributed by atoms with Gasteiger partial charge in [-0.1, -0.05) is 12.8 Å². The van der Waals surface area contributed by atoms with Crippen LogP contribution in [-0.4, -0.2) is 33.1 Å². The van der Waals surface area contributed by atoms with Crippen molar-refractivity contribution in [3.05, 3.63) is 18.7 Å². The van der Waals surface area contributed by atoms with E-state index < -0.39 is 11.9 Å². The second-order valence-corrected chi connectivity index (χ2v) is 5.63. The summed E-state index contributed by atoms with van der Waals surface area (Å²) in [6.45, 7) is 1.49. The summed E-state index contributed by atoms with van der Waals surface area (Å²) in [5.74, 6) is -1.80. The summed E-state index contributed by atoms with van der Waals surface area (Å²) in [4.78, 5) is 27.3. The third-order valence-corrected chi connectivity index (χ3v) is 4.12. The number of amides is 1. The lowest BCUT2D eigenvalue weighted by Gasteiger charge is -2.27. The number of nitrogens with zero attached hydrogens (tertiary/aromatic N) is 2. The number of carboxylic acid groups (broad SMARTS) is 1. The van der Waals surface area contributed by atoms with Gasteiger partial charge in [-0.25, -0.2) is 4.98 Å². The molecule has 116 valence electrons. The number of nitrogens with one attached hydrogen (secondary N) is 1. The van der Waals surface area contributed by atoms with Crippen molar-refractivity contribution in [1.82, 2.24) is 14.9 Å². The van der Waals surface area contributed by atoms with Crippen LogP contribution in [0.5, 0.6) is 0 Å². The fraction of sp³-hybridized carbons (Fsp3) is 0.667. The zero-order valence-corrected chi connectivity index (χ0v) is 12.2. The van der Waals surface area contributed by atoms with E-state index in [0.717, 1.165) is 32.2 Å². The minimum absolute atomic E-state index is 0.0928. The molecule has 2 unspecified atom stereocenters. The average molecular weight is 293 g/mol. The molecule has 1 fully saturated rings. The Hall–Kier alpha value is -1.85. The van der Waals surface area contributed by atoms with Crippen LogP contribution in [0.2, 0.25) is 0 Å². The summed E-state index contributed by atoms with van der Waals surface area (Å²) in [5, 5.41) is 12.1. The maximum atomic E-state index is 12.1. The number of aryl methyl sites for hydroxylation is 1. The summed E-state index contributed by atoms with van der Waals surface area (Å²) in [6.07, 6.45) is 10.4. The molecule has 6 heteroatoms. The number of hydrogen-bond acceptors (Lipinski definition) is 3. The van der Waals surface area contributed by atoms with E-state index in [4.69, 9.17) is 0 Å². The summed E-state index contributed by atoms with van der Waals surface area (Å²) in [7, 11) is 0. The van der Waals surface area contributed by atoms with Crippen LogP contribution in [0.3, 0.4) is 0 Å². The molecular weight excluding hydrogens is 270 g/mol. The molecule has 2 rings (SSSR count). The third kappa shape index (κ3) is 4.58. The highest BCUT2D eigenvalue weighted by molar-refractivity contribution is 5.84. The molecule has 0 spiro atoms. The molecule has 0 saturated heterocycles. The van der Waals surface area contributed by atoms with Crippen LogP contribution in [0.15, 0.2) is 18.7 Å². The van der Waals surface area contributed by atoms with Crippen LogP contribution in [-0.2, 0) is 16.1 Å². The fourth-order valence-electron chi connectivity index (χ4n) is 2.92. The van der Waals surface area contributed by atoms with Crippen molar-refractivity contribution in [1.29, 1.82) is 0 Å². The predicted octanol–water partition coefficient (Wildman–Crippen LogP) is 1.67. The molecule has 1 aliphatic rings. The van der Waals surface area contributed by atoms with Crippen molar-refractivity contribution in [3.63, 3.8) is 0 Å². The molecule has 1 aromatic heterocycles. The lowest BCUT2D eigenvalue weighted by Crippen LogP contribution is -2.40. The quantitative estimate of drug-likeness (QED) is 0.749. The molecule has 0 radical (unpaired) electrons. The van der Waals surface area contributed by atoms with E-state index in [1.54, 1.807) is 12.5 Å². The topological polar surface area (TPSA) is 84.2 Å². The van der Waals surface area contributed by atoms with E-state index in [-0.39, 0.29) is 11.8 Å². The maximum absolute atomic E-state index is 12.1. The first-order valence-electron chi connectivity index (χ1n) is 7.64. The van der Waals surface area contributed by atoms with E-state index in [1.165, 1.54) is 0 Å². The summed E-state index contributed by atoms with van der Waals surface area (Å²) >= 11 is 0. The summed E-state index contributed by atoms with van der Waals surface area (Å²) in [5.41, 5.74) is 0. The number of carbonyl (C=O) groups excluding carboxylic acids is 1. The van der Waals surface area contributed by atoms with Crippen molar-refractivity contribution >= 4 is 11.9 Å². The second kappa shape index (κ2) is 7.81. The number of rotatable bonds is 7. The lowest BCUT2D eigenvalue weighted by atomic mass is 9.78. The Morgan fingerprint density at radius 1 is 1.24 bits per heavy atom. The van der Waals surface area contributed by atoms with Gasteiger partial charge in [0.25, 0.3) is 0 Å². The van der Waals surface area contributed by atoms with Gasteiger partial charge in [0.15, 0.2) is 0 Å². The third-order valence-electron chi connectivity index (χ3n) is 4.12. The van der Waals surface area contributed by atoms with Crippen molar-refractivity contribution in [2.75, 3.05) is 6.54 Å². The van der Waals surface area contributed by atoms with Gasteiger partial charge in [0, 0.05) is 25.5 Å². The summed E-state index contributed by atoms with van der Waals surface area (Å²) in [6, 6.07) is 0. The van der Waals surface area contributed by atoms with Crippen LogP contribution >= 0.6 is 0 Å². The number of carbonyl (C=O) groups is 2. The Morgan fingerprint density at radius 3 is 2.67 bits per heavy atom. The molecule has 0 aromatic carbocycles. The monoisotopic (exact) mass is 293 g/mol. The predicted molar refractivity (Wildman–Crippen MR) is 77.6 cm³/mol. The number of carboxylic acids is 1. The van der Waals surface area contributed by atoms with E-state index in [2.05, 4.69) is 10.3 Å². The van der Waals surface area contributed by atoms with Crippen molar-refractivity contribution in [2.45, 2.75) is 45.1 Å². The molecule has 6 nitrogen and oxygen atoms in total. The number of aliphatic carboxylic acids is 1. The van der Waals surface area contributed by atoms with Crippen LogP contribution in [0.25, 0.3) is 0 Å². The molecule has 1 saturated carbocycles. The van der Waals surface area contributed by atoms with Gasteiger partial charge >= 0.3 is 5.97 Å². The van der Waals surface area contributed by atoms with Gasteiger partial charge in [-0.2, -0.15) is 0 Å². The van der Waals surface area contributed by atoms with E-state index in [9.17, 15) is 14.7 Å². The van der Waals surface area contributed by atoms with E-state index >= 15 is 0 Å². The van der Waals surface area contributed by atoms with Gasteiger partial charge in [-0.05, 0) is 25.7 Å². The Balaban J connectivity index is 1.67. The minimum atomic E-state index is -0.838. The summed E-state index contributed by atoms with van der Waals surface area (Å²) < 4.78 is 2.00. The molecule has 1 aliphatic carbocycles. The highest BCUT2D eigenvalue weighted by atomic mass is 16.4. The molecule has 1 heterocycles. The van der Waals surface area contributed by atoms with Crippen molar-refractivity contribution < 1.29 is 14.7 Å². The number of aromatic nitrogens is 2. The number of hydrogen-bond donors (Lipinski definition) is 2. The first kappa shape index (κ1) is 15.5. The number of unbranched alkanes of at least 4 members (excludes halogenated alkanes) is 1. The largest absolute Gasteiger partial charge is 0.481 e. The molecular formula is C15H23N3O3. The zero-order chi connectivity index (χ0) is 15.1. The normalized spacial score (nSPS) is 21.9. The van der Waals surface area contributed by atoms with E-state index in [0.29, 0.717) is 19.4 Å². The van der Waals surface area contributed by atoms with Gasteiger partial charge in [0.05, 0.1) is 18.2 Å². The molecule has 2 N–H and O–H groups in total. The lowest BCUT2D eigenvalue weighted by molar-refractivity contribution is -0.148. The first-order chi connectivity index (χ1) is 10.2. The Bertz CT molecular complexity index is 459. The Labute approximate surface area is 124 Å². The second-order valence-electron chi connectivity index (χ2n) is 5.63. The van der Waals surface area contributed by atoms with Crippen LogP contribution in [0, 0.1) is 11.8 Å². The highest BCUT2D eigenvalue weighted by Crippen LogP contribution is 2.30. The van der Waals surface area contributed by atoms with Gasteiger partial charge in [-0.15, -0.1) is 0 Å². The maximum Gasteiger partial charge on any atom is 0.307 e. The standard InChI is InChI=1S/C15H23N3O3/c19-14(12-5-1-2-6-13(12)15(20)21)17-7-3-4-9-18-10-8-16-11-18/h8,10-13H,1-7,9H2,(H,17,19)(H,20,21). The Morgan fingerprint density at radius 2 is 2.00 bits per heavy atom. The molecule has 21 heavy (non-hydrogen) atoms. The molecule has 1 amide bonds. The van der Waals surface area contributed by atoms with Gasteiger partial charge < -0.3 is 15.0 Å². The number of imidazole rings is 1. The average Bonchev–Trinajstić information content (AvgIpc) is 3.00. The molecule has 1 aromatic rings. The van der Waals surface area contributed by atoms with Crippen LogP contribution in [0.1, 0.15) is 38.5 Å². The smallest absolute Gasteiger partial charge is 0.307 e. The van der Waals surface area contributed by atoms with Gasteiger partial charge in [0.1, 0.15) is 0 Å². The molecule has 0 aliphatic heterocycles. The van der Waals surface area contributed by atoms with Crippen molar-refractivity contribution in [3.8, 4) is 0 Å². The molecule has 0 bridgehead atoms. The van der Waals surface area contributed by atoms with Crippen LogP contribution in [0.4, 0.5) is 0 Å². The minimum Gasteiger partial charge on any atom is -0.481 e. The first-order valence-corrected chi connectivity index (χ1v) is 7.64. The van der Waals surface area contributed by atoms with Crippen molar-refractivity contribution in [2.24, 2.45) is 11.8 Å². The highest BCUT2D eigenvalue weighted by Gasteiger charge is 2.35. The fourth-order valence-corrected chi connectivity index (χ4v) is 2.92. The molecule has 2 atom stereocenters. The van der Waals surface area contributed by atoms with Gasteiger partial charge in [-0.3, -0.25) is 9.59 Å².